The van der Waals surface area contributed by atoms with Crippen LogP contribution in [0.1, 0.15) is 5.69 Å². The second-order valence-corrected chi connectivity index (χ2v) is 6.86. The summed E-state index contributed by atoms with van der Waals surface area (Å²) in [6, 6.07) is 12.8. The summed E-state index contributed by atoms with van der Waals surface area (Å²) >= 11 is 6.05. The van der Waals surface area contributed by atoms with E-state index >= 15 is 0 Å². The second kappa shape index (κ2) is 4.79. The van der Waals surface area contributed by atoms with E-state index < -0.39 is 10.0 Å². The lowest BCUT2D eigenvalue weighted by atomic mass is 10.2. The first-order valence-corrected chi connectivity index (χ1v) is 8.05. The maximum absolute atomic E-state index is 12.8. The fourth-order valence-electron chi connectivity index (χ4n) is 2.36. The minimum atomic E-state index is -3.71. The van der Waals surface area contributed by atoms with Gasteiger partial charge in [0, 0.05) is 11.1 Å². The number of aromatic nitrogens is 1. The van der Waals surface area contributed by atoms with Gasteiger partial charge >= 0.3 is 0 Å². The first kappa shape index (κ1) is 14.0. The van der Waals surface area contributed by atoms with Gasteiger partial charge in [0.05, 0.1) is 15.4 Å². The maximum Gasteiger partial charge on any atom is 0.268 e. The van der Waals surface area contributed by atoms with Gasteiger partial charge in [0.1, 0.15) is 5.75 Å². The molecule has 0 spiro atoms. The van der Waals surface area contributed by atoms with Crippen LogP contribution in [0.3, 0.4) is 0 Å². The van der Waals surface area contributed by atoms with Crippen molar-refractivity contribution >= 4 is 32.5 Å². The van der Waals surface area contributed by atoms with E-state index in [1.165, 1.54) is 10.0 Å². The van der Waals surface area contributed by atoms with Crippen LogP contribution >= 0.6 is 11.6 Å². The Bertz CT molecular complexity index is 930. The highest BCUT2D eigenvalue weighted by Crippen LogP contribution is 2.35. The molecule has 0 aliphatic heterocycles. The van der Waals surface area contributed by atoms with Crippen LogP contribution in [0.25, 0.3) is 10.9 Å². The third-order valence-corrected chi connectivity index (χ3v) is 5.54. The zero-order chi connectivity index (χ0) is 15.2. The molecular formula is C15H12ClNO3S. The third kappa shape index (κ3) is 2.09. The summed E-state index contributed by atoms with van der Waals surface area (Å²) in [5.41, 5.74) is 0.973. The van der Waals surface area contributed by atoms with Gasteiger partial charge in [-0.15, -0.1) is 0 Å². The number of fused-ring (bicyclic) bond motifs is 1. The number of halogens is 1. The van der Waals surface area contributed by atoms with Gasteiger partial charge in [-0.3, -0.25) is 0 Å². The molecule has 0 amide bonds. The molecule has 21 heavy (non-hydrogen) atoms. The molecule has 1 aromatic heterocycles. The molecule has 2 aromatic carbocycles. The Balaban J connectivity index is 2.36. The van der Waals surface area contributed by atoms with Gasteiger partial charge in [-0.1, -0.05) is 29.8 Å². The van der Waals surface area contributed by atoms with Crippen LogP contribution in [-0.4, -0.2) is 17.5 Å². The molecule has 1 N–H and O–H groups in total. The van der Waals surface area contributed by atoms with Crippen molar-refractivity contribution < 1.29 is 13.5 Å². The highest BCUT2D eigenvalue weighted by molar-refractivity contribution is 7.90. The van der Waals surface area contributed by atoms with Crippen molar-refractivity contribution in [2.45, 2.75) is 11.8 Å². The summed E-state index contributed by atoms with van der Waals surface area (Å²) < 4.78 is 26.8. The van der Waals surface area contributed by atoms with E-state index in [0.717, 1.165) is 0 Å². The van der Waals surface area contributed by atoms with Gasteiger partial charge in [0.2, 0.25) is 0 Å². The van der Waals surface area contributed by atoms with Gasteiger partial charge in [-0.05, 0) is 37.3 Å². The molecule has 0 saturated carbocycles. The lowest BCUT2D eigenvalue weighted by molar-refractivity contribution is 0.476. The largest absolute Gasteiger partial charge is 0.506 e. The molecule has 108 valence electrons. The molecule has 1 heterocycles. The van der Waals surface area contributed by atoms with Crippen molar-refractivity contribution in [2.24, 2.45) is 0 Å². The topological polar surface area (TPSA) is 59.3 Å². The first-order chi connectivity index (χ1) is 9.93. The van der Waals surface area contributed by atoms with Crippen molar-refractivity contribution in [3.05, 3.63) is 59.2 Å². The van der Waals surface area contributed by atoms with Gasteiger partial charge in [0.25, 0.3) is 10.0 Å². The number of hydrogen-bond acceptors (Lipinski definition) is 3. The molecule has 4 nitrogen and oxygen atoms in total. The Morgan fingerprint density at radius 2 is 1.76 bits per heavy atom. The van der Waals surface area contributed by atoms with E-state index in [0.29, 0.717) is 16.6 Å². The zero-order valence-electron chi connectivity index (χ0n) is 11.1. The SMILES string of the molecule is Cc1cc2c(Cl)c(O)ccc2n1S(=O)(=O)c1ccccc1. The number of phenolic OH excluding ortho intramolecular Hbond substituents is 1. The normalized spacial score (nSPS) is 11.9. The lowest BCUT2D eigenvalue weighted by Crippen LogP contribution is -2.14. The number of phenols is 1. The van der Waals surface area contributed by atoms with Gasteiger partial charge in [0.15, 0.2) is 0 Å². The Morgan fingerprint density at radius 3 is 2.43 bits per heavy atom. The summed E-state index contributed by atoms with van der Waals surface area (Å²) in [6.07, 6.45) is 0. The van der Waals surface area contributed by atoms with Crippen molar-refractivity contribution in [3.8, 4) is 5.75 Å². The minimum Gasteiger partial charge on any atom is -0.506 e. The van der Waals surface area contributed by atoms with Crippen LogP contribution in [0.2, 0.25) is 5.02 Å². The predicted molar refractivity (Wildman–Crippen MR) is 82.4 cm³/mol. The Labute approximate surface area is 127 Å². The Kier molecular flexibility index (Phi) is 3.19. The monoisotopic (exact) mass is 321 g/mol. The molecule has 0 aliphatic carbocycles. The van der Waals surface area contributed by atoms with E-state index in [-0.39, 0.29) is 15.7 Å². The molecule has 3 aromatic rings. The molecule has 0 fully saturated rings. The first-order valence-electron chi connectivity index (χ1n) is 6.23. The van der Waals surface area contributed by atoms with Crippen molar-refractivity contribution in [3.63, 3.8) is 0 Å². The molecule has 6 heteroatoms. The molecule has 0 saturated heterocycles. The summed E-state index contributed by atoms with van der Waals surface area (Å²) in [6.45, 7) is 1.69. The van der Waals surface area contributed by atoms with Crippen LogP contribution < -0.4 is 0 Å². The minimum absolute atomic E-state index is 0.0709. The van der Waals surface area contributed by atoms with Crippen molar-refractivity contribution in [1.82, 2.24) is 3.97 Å². The highest BCUT2D eigenvalue weighted by atomic mass is 35.5. The average molecular weight is 322 g/mol. The molecule has 0 unspecified atom stereocenters. The second-order valence-electron chi connectivity index (χ2n) is 4.70. The van der Waals surface area contributed by atoms with Crippen LogP contribution in [0.4, 0.5) is 0 Å². The number of aryl methyl sites for hydroxylation is 1. The van der Waals surface area contributed by atoms with Crippen LogP contribution in [-0.2, 0) is 10.0 Å². The van der Waals surface area contributed by atoms with E-state index in [9.17, 15) is 13.5 Å². The number of nitrogens with zero attached hydrogens (tertiary/aromatic N) is 1. The van der Waals surface area contributed by atoms with E-state index in [1.54, 1.807) is 49.4 Å². The van der Waals surface area contributed by atoms with Gasteiger partial charge < -0.3 is 5.11 Å². The summed E-state index contributed by atoms with van der Waals surface area (Å²) in [4.78, 5) is 0.204. The molecule has 0 atom stereocenters. The predicted octanol–water partition coefficient (Wildman–Crippen LogP) is 3.55. The quantitative estimate of drug-likeness (QED) is 0.785. The Hall–Kier alpha value is -1.98. The molecule has 0 radical (unpaired) electrons. The lowest BCUT2D eigenvalue weighted by Gasteiger charge is -2.10. The van der Waals surface area contributed by atoms with Gasteiger partial charge in [-0.2, -0.15) is 0 Å². The summed E-state index contributed by atoms with van der Waals surface area (Å²) in [5.74, 6) is -0.0709. The van der Waals surface area contributed by atoms with Gasteiger partial charge in [-0.25, -0.2) is 12.4 Å². The molecule has 0 bridgehead atoms. The summed E-state index contributed by atoms with van der Waals surface area (Å²) in [5, 5.41) is 10.3. The van der Waals surface area contributed by atoms with Crippen LogP contribution in [0, 0.1) is 6.92 Å². The smallest absolute Gasteiger partial charge is 0.268 e. The van der Waals surface area contributed by atoms with E-state index in [2.05, 4.69) is 0 Å². The third-order valence-electron chi connectivity index (χ3n) is 3.31. The maximum atomic E-state index is 12.8. The van der Waals surface area contributed by atoms with E-state index in [4.69, 9.17) is 11.6 Å². The fraction of sp³-hybridized carbons (Fsp3) is 0.0667. The molecular weight excluding hydrogens is 310 g/mol. The number of benzene rings is 2. The standard InChI is InChI=1S/C15H12ClNO3S/c1-10-9-12-13(7-8-14(18)15(12)16)17(10)21(19,20)11-5-3-2-4-6-11/h2-9,18H,1H3. The summed E-state index contributed by atoms with van der Waals surface area (Å²) in [7, 11) is -3.71. The average Bonchev–Trinajstić information content (AvgIpc) is 2.82. The van der Waals surface area contributed by atoms with Crippen molar-refractivity contribution in [1.29, 1.82) is 0 Å². The number of hydrogen-bond donors (Lipinski definition) is 1. The highest BCUT2D eigenvalue weighted by Gasteiger charge is 2.22. The Morgan fingerprint density at radius 1 is 1.10 bits per heavy atom. The van der Waals surface area contributed by atoms with Crippen LogP contribution in [0.5, 0.6) is 5.75 Å². The number of rotatable bonds is 2. The molecule has 3 rings (SSSR count). The molecule has 0 aliphatic rings. The zero-order valence-corrected chi connectivity index (χ0v) is 12.7. The van der Waals surface area contributed by atoms with E-state index in [1.807, 2.05) is 0 Å². The van der Waals surface area contributed by atoms with Crippen molar-refractivity contribution in [2.75, 3.05) is 0 Å². The fourth-order valence-corrected chi connectivity index (χ4v) is 4.14. The van der Waals surface area contributed by atoms with Crippen LogP contribution in [0.15, 0.2) is 53.4 Å². The number of aromatic hydroxyl groups is 1.